The number of carbonyl (C=O) groups excluding carboxylic acids is 3. The van der Waals surface area contributed by atoms with Gasteiger partial charge in [-0.2, -0.15) is 20.5 Å². The van der Waals surface area contributed by atoms with E-state index in [9.17, 15) is 23.2 Å². The van der Waals surface area contributed by atoms with Gasteiger partial charge in [-0.25, -0.2) is 0 Å². The van der Waals surface area contributed by atoms with Gasteiger partial charge in [0.25, 0.3) is 11.8 Å². The van der Waals surface area contributed by atoms with Gasteiger partial charge in [0.1, 0.15) is 11.8 Å². The molecule has 0 unspecified atom stereocenters. The predicted octanol–water partition coefficient (Wildman–Crippen LogP) is 3.64. The Kier molecular flexibility index (Phi) is 6.48. The minimum absolute atomic E-state index is 0.0442. The Hall–Kier alpha value is -2.94. The van der Waals surface area contributed by atoms with Crippen LogP contribution in [0.2, 0.25) is 0 Å². The van der Waals surface area contributed by atoms with Crippen LogP contribution in [0.5, 0.6) is 5.75 Å². The van der Waals surface area contributed by atoms with Crippen molar-refractivity contribution in [2.75, 3.05) is 17.3 Å². The summed E-state index contributed by atoms with van der Waals surface area (Å²) >= 11 is 1.49. The van der Waals surface area contributed by atoms with E-state index in [4.69, 9.17) is 0 Å². The first kappa shape index (κ1) is 20.8. The van der Waals surface area contributed by atoms with Crippen LogP contribution in [0.15, 0.2) is 48.5 Å². The summed E-state index contributed by atoms with van der Waals surface area (Å²) < 4.78 is 28.8. The number of nitrogens with one attached hydrogen (secondary N) is 1. The molecule has 2 aromatic carbocycles. The van der Waals surface area contributed by atoms with Gasteiger partial charge in [0.2, 0.25) is 5.91 Å². The quantitative estimate of drug-likeness (QED) is 0.660. The van der Waals surface area contributed by atoms with Gasteiger partial charge in [-0.1, -0.05) is 12.1 Å². The molecule has 9 heteroatoms. The molecule has 1 aliphatic heterocycles. The first-order chi connectivity index (χ1) is 13.9. The lowest BCUT2D eigenvalue weighted by Gasteiger charge is -2.25. The van der Waals surface area contributed by atoms with Crippen LogP contribution in [0.4, 0.5) is 14.5 Å². The van der Waals surface area contributed by atoms with Gasteiger partial charge in [0, 0.05) is 5.69 Å². The van der Waals surface area contributed by atoms with Gasteiger partial charge in [0.05, 0.1) is 11.1 Å². The van der Waals surface area contributed by atoms with E-state index in [2.05, 4.69) is 10.1 Å². The van der Waals surface area contributed by atoms with E-state index in [1.807, 2.05) is 6.26 Å². The van der Waals surface area contributed by atoms with Gasteiger partial charge in [0.15, 0.2) is 0 Å². The van der Waals surface area contributed by atoms with Gasteiger partial charge in [-0.3, -0.25) is 19.3 Å². The third kappa shape index (κ3) is 4.56. The average Bonchev–Trinajstić information content (AvgIpc) is 2.95. The smallest absolute Gasteiger partial charge is 0.387 e. The van der Waals surface area contributed by atoms with Crippen LogP contribution in [-0.2, 0) is 4.79 Å². The second kappa shape index (κ2) is 9.04. The van der Waals surface area contributed by atoms with Crippen LogP contribution in [-0.4, -0.2) is 47.3 Å². The standard InChI is InChI=1S/C20H18F2N2O4S/c1-29-11-10-16(24-18(26)14-4-2-3-5-15(14)19(24)27)17(25)23-12-6-8-13(9-7-12)28-20(21)22/h2-9,16,20H,10-11H2,1H3,(H,23,25)/t16-/m0/s1. The highest BCUT2D eigenvalue weighted by molar-refractivity contribution is 7.98. The number of carbonyl (C=O) groups is 3. The summed E-state index contributed by atoms with van der Waals surface area (Å²) in [5.41, 5.74) is 0.878. The van der Waals surface area contributed by atoms with Crippen molar-refractivity contribution in [2.45, 2.75) is 19.1 Å². The fraction of sp³-hybridized carbons (Fsp3) is 0.250. The zero-order valence-corrected chi connectivity index (χ0v) is 16.2. The monoisotopic (exact) mass is 420 g/mol. The molecule has 0 radical (unpaired) electrons. The maximum absolute atomic E-state index is 12.9. The zero-order chi connectivity index (χ0) is 21.0. The molecule has 29 heavy (non-hydrogen) atoms. The molecule has 0 aliphatic carbocycles. The van der Waals surface area contributed by atoms with Crippen LogP contribution in [0.3, 0.4) is 0 Å². The van der Waals surface area contributed by atoms with Gasteiger partial charge >= 0.3 is 6.61 Å². The number of ether oxygens (including phenoxy) is 1. The topological polar surface area (TPSA) is 75.7 Å². The van der Waals surface area contributed by atoms with Crippen molar-refractivity contribution in [1.82, 2.24) is 4.90 Å². The molecule has 1 aliphatic rings. The highest BCUT2D eigenvalue weighted by Gasteiger charge is 2.42. The Balaban J connectivity index is 1.79. The Morgan fingerprint density at radius 1 is 1.07 bits per heavy atom. The Bertz CT molecular complexity index is 886. The van der Waals surface area contributed by atoms with E-state index in [0.717, 1.165) is 4.90 Å². The lowest BCUT2D eigenvalue weighted by atomic mass is 10.1. The summed E-state index contributed by atoms with van der Waals surface area (Å²) in [6, 6.07) is 10.8. The van der Waals surface area contributed by atoms with Crippen molar-refractivity contribution in [1.29, 1.82) is 0 Å². The molecular weight excluding hydrogens is 402 g/mol. The van der Waals surface area contributed by atoms with Crippen LogP contribution in [0, 0.1) is 0 Å². The minimum Gasteiger partial charge on any atom is -0.435 e. The third-order valence-corrected chi connectivity index (χ3v) is 5.03. The molecule has 0 saturated carbocycles. The number of benzene rings is 2. The molecule has 152 valence electrons. The maximum atomic E-state index is 12.9. The molecular formula is C20H18F2N2O4S. The Labute approximate surface area is 170 Å². The minimum atomic E-state index is -2.94. The molecule has 1 atom stereocenters. The lowest BCUT2D eigenvalue weighted by Crippen LogP contribution is -2.47. The predicted molar refractivity (Wildman–Crippen MR) is 105 cm³/mol. The molecule has 3 amide bonds. The van der Waals surface area contributed by atoms with E-state index in [1.54, 1.807) is 24.3 Å². The van der Waals surface area contributed by atoms with Crippen molar-refractivity contribution in [3.63, 3.8) is 0 Å². The number of imide groups is 1. The van der Waals surface area contributed by atoms with Crippen molar-refractivity contribution in [3.8, 4) is 5.75 Å². The number of thioether (sulfide) groups is 1. The van der Waals surface area contributed by atoms with Gasteiger partial charge in [-0.15, -0.1) is 0 Å². The fourth-order valence-corrected chi connectivity index (χ4v) is 3.50. The SMILES string of the molecule is CSCC[C@@H](C(=O)Nc1ccc(OC(F)F)cc1)N1C(=O)c2ccccc2C1=O. The molecule has 1 heterocycles. The summed E-state index contributed by atoms with van der Waals surface area (Å²) in [5, 5.41) is 2.64. The number of rotatable bonds is 8. The largest absolute Gasteiger partial charge is 0.435 e. The van der Waals surface area contributed by atoms with Gasteiger partial charge in [-0.05, 0) is 54.8 Å². The van der Waals surface area contributed by atoms with E-state index in [0.29, 0.717) is 11.4 Å². The average molecular weight is 420 g/mol. The second-order valence-corrected chi connectivity index (χ2v) is 7.20. The van der Waals surface area contributed by atoms with E-state index >= 15 is 0 Å². The van der Waals surface area contributed by atoms with Crippen molar-refractivity contribution >= 4 is 35.2 Å². The van der Waals surface area contributed by atoms with Crippen LogP contribution in [0.1, 0.15) is 27.1 Å². The second-order valence-electron chi connectivity index (χ2n) is 6.22. The number of alkyl halides is 2. The van der Waals surface area contributed by atoms with Gasteiger partial charge < -0.3 is 10.1 Å². The number of anilines is 1. The number of hydrogen-bond donors (Lipinski definition) is 1. The lowest BCUT2D eigenvalue weighted by molar-refractivity contribution is -0.120. The highest BCUT2D eigenvalue weighted by atomic mass is 32.2. The first-order valence-electron chi connectivity index (χ1n) is 8.74. The molecule has 0 fully saturated rings. The molecule has 1 N–H and O–H groups in total. The Morgan fingerprint density at radius 2 is 1.66 bits per heavy atom. The molecule has 0 aromatic heterocycles. The molecule has 3 rings (SSSR count). The fourth-order valence-electron chi connectivity index (χ4n) is 3.04. The third-order valence-electron chi connectivity index (χ3n) is 4.38. The van der Waals surface area contributed by atoms with Crippen molar-refractivity contribution < 1.29 is 27.9 Å². The summed E-state index contributed by atoms with van der Waals surface area (Å²) in [7, 11) is 0. The number of nitrogens with zero attached hydrogens (tertiary/aromatic N) is 1. The number of hydrogen-bond acceptors (Lipinski definition) is 5. The molecule has 2 aromatic rings. The Morgan fingerprint density at radius 3 is 2.17 bits per heavy atom. The summed E-state index contributed by atoms with van der Waals surface area (Å²) in [6.45, 7) is -2.94. The summed E-state index contributed by atoms with van der Waals surface area (Å²) in [6.07, 6.45) is 2.14. The maximum Gasteiger partial charge on any atom is 0.387 e. The molecule has 0 spiro atoms. The van der Waals surface area contributed by atoms with Crippen LogP contribution < -0.4 is 10.1 Å². The van der Waals surface area contributed by atoms with Crippen LogP contribution in [0.25, 0.3) is 0 Å². The molecule has 0 bridgehead atoms. The normalized spacial score (nSPS) is 14.1. The number of fused-ring (bicyclic) bond motifs is 1. The first-order valence-corrected chi connectivity index (χ1v) is 10.1. The van der Waals surface area contributed by atoms with Crippen molar-refractivity contribution in [2.24, 2.45) is 0 Å². The molecule has 0 saturated heterocycles. The summed E-state index contributed by atoms with van der Waals surface area (Å²) in [5.74, 6) is -1.03. The summed E-state index contributed by atoms with van der Waals surface area (Å²) in [4.78, 5) is 39.4. The number of amides is 3. The number of halogens is 2. The van der Waals surface area contributed by atoms with Crippen LogP contribution >= 0.6 is 11.8 Å². The highest BCUT2D eigenvalue weighted by Crippen LogP contribution is 2.27. The van der Waals surface area contributed by atoms with Crippen molar-refractivity contribution in [3.05, 3.63) is 59.7 Å². The zero-order valence-electron chi connectivity index (χ0n) is 15.4. The van der Waals surface area contributed by atoms with E-state index in [1.165, 1.54) is 36.0 Å². The van der Waals surface area contributed by atoms with E-state index < -0.39 is 30.4 Å². The van der Waals surface area contributed by atoms with E-state index in [-0.39, 0.29) is 23.3 Å². The molecule has 6 nitrogen and oxygen atoms in total.